The van der Waals surface area contributed by atoms with Gasteiger partial charge in [-0.3, -0.25) is 0 Å². The van der Waals surface area contributed by atoms with Crippen LogP contribution in [0.5, 0.6) is 0 Å². The third-order valence-electron chi connectivity index (χ3n) is 3.83. The van der Waals surface area contributed by atoms with Crippen molar-refractivity contribution in [2.45, 2.75) is 13.2 Å². The fourth-order valence-corrected chi connectivity index (χ4v) is 2.50. The molecular weight excluding hydrogens is 321 g/mol. The van der Waals surface area contributed by atoms with E-state index in [0.717, 1.165) is 16.8 Å². The number of aromatic nitrogens is 1. The van der Waals surface area contributed by atoms with Gasteiger partial charge in [-0.25, -0.2) is 9.18 Å². The molecule has 0 aliphatic heterocycles. The minimum Gasteiger partial charge on any atom is -0.392 e. The normalized spacial score (nSPS) is 10.5. The molecule has 0 atom stereocenters. The molecule has 3 N–H and O–H groups in total. The van der Waals surface area contributed by atoms with Crippen molar-refractivity contribution in [3.63, 3.8) is 0 Å². The van der Waals surface area contributed by atoms with Crippen LogP contribution in [-0.2, 0) is 13.2 Å². The van der Waals surface area contributed by atoms with Gasteiger partial charge in [0.05, 0.1) is 12.3 Å². The zero-order valence-electron chi connectivity index (χ0n) is 13.4. The first kappa shape index (κ1) is 16.7. The second kappa shape index (κ2) is 7.63. The number of carbonyl (C=O) groups excluding carboxylic acids is 1. The molecule has 2 aromatic carbocycles. The smallest absolute Gasteiger partial charge is 0.319 e. The maximum Gasteiger partial charge on any atom is 0.319 e. The Hall–Kier alpha value is -3.12. The number of halogens is 1. The number of carbonyl (C=O) groups is 1. The summed E-state index contributed by atoms with van der Waals surface area (Å²) >= 11 is 0. The van der Waals surface area contributed by atoms with Crippen molar-refractivity contribution in [2.24, 2.45) is 0 Å². The molecule has 0 aliphatic rings. The summed E-state index contributed by atoms with van der Waals surface area (Å²) in [5.74, 6) is -0.512. The molecular formula is C19H18FN3O2. The van der Waals surface area contributed by atoms with E-state index in [9.17, 15) is 14.3 Å². The highest BCUT2D eigenvalue weighted by molar-refractivity contribution is 5.89. The van der Waals surface area contributed by atoms with Crippen molar-refractivity contribution in [1.82, 2.24) is 9.88 Å². The maximum atomic E-state index is 14.0. The molecule has 1 heterocycles. The number of aliphatic hydroxyl groups is 1. The summed E-state index contributed by atoms with van der Waals surface area (Å²) in [6.07, 6.45) is 3.67. The van der Waals surface area contributed by atoms with Gasteiger partial charge in [-0.15, -0.1) is 0 Å². The fraction of sp³-hybridized carbons (Fsp3) is 0.105. The molecule has 25 heavy (non-hydrogen) atoms. The Labute approximate surface area is 144 Å². The molecule has 5 nitrogen and oxygen atoms in total. The Morgan fingerprint density at radius 1 is 1.04 bits per heavy atom. The average molecular weight is 339 g/mol. The van der Waals surface area contributed by atoms with Gasteiger partial charge in [-0.05, 0) is 41.5 Å². The average Bonchev–Trinajstić information content (AvgIpc) is 3.16. The molecule has 3 aromatic rings. The van der Waals surface area contributed by atoms with Crippen LogP contribution in [0.25, 0.3) is 5.69 Å². The predicted molar refractivity (Wildman–Crippen MR) is 94.0 cm³/mol. The van der Waals surface area contributed by atoms with Crippen molar-refractivity contribution < 1.29 is 14.3 Å². The summed E-state index contributed by atoms with van der Waals surface area (Å²) in [6.45, 7) is 0.133. The second-order valence-electron chi connectivity index (χ2n) is 5.49. The maximum absolute atomic E-state index is 14.0. The minimum atomic E-state index is -0.517. The zero-order valence-corrected chi connectivity index (χ0v) is 13.4. The molecule has 128 valence electrons. The number of hydrogen-bond acceptors (Lipinski definition) is 2. The van der Waals surface area contributed by atoms with Crippen LogP contribution in [0.3, 0.4) is 0 Å². The monoisotopic (exact) mass is 339 g/mol. The van der Waals surface area contributed by atoms with Crippen LogP contribution >= 0.6 is 0 Å². The van der Waals surface area contributed by atoms with E-state index in [0.29, 0.717) is 0 Å². The molecule has 1 aromatic heterocycles. The van der Waals surface area contributed by atoms with Crippen LogP contribution in [0, 0.1) is 5.82 Å². The SMILES string of the molecule is O=C(NCc1ccccc1CO)Nc1cc(-n2cccc2)ccc1F. The Bertz CT molecular complexity index is 863. The molecule has 6 heteroatoms. The third kappa shape index (κ3) is 4.05. The second-order valence-corrected chi connectivity index (χ2v) is 5.49. The number of anilines is 1. The number of urea groups is 1. The van der Waals surface area contributed by atoms with E-state index in [1.807, 2.05) is 47.3 Å². The number of nitrogens with zero attached hydrogens (tertiary/aromatic N) is 1. The van der Waals surface area contributed by atoms with Crippen LogP contribution < -0.4 is 10.6 Å². The van der Waals surface area contributed by atoms with Crippen LogP contribution in [0.4, 0.5) is 14.9 Å². The molecule has 0 fully saturated rings. The lowest BCUT2D eigenvalue weighted by atomic mass is 10.1. The number of benzene rings is 2. The summed E-state index contributed by atoms with van der Waals surface area (Å²) < 4.78 is 15.8. The van der Waals surface area contributed by atoms with Gasteiger partial charge in [0.1, 0.15) is 5.82 Å². The molecule has 0 saturated heterocycles. The van der Waals surface area contributed by atoms with E-state index in [2.05, 4.69) is 10.6 Å². The number of rotatable bonds is 5. The van der Waals surface area contributed by atoms with E-state index in [1.54, 1.807) is 18.2 Å². The summed E-state index contributed by atoms with van der Waals surface area (Å²) in [5.41, 5.74) is 2.39. The molecule has 3 rings (SSSR count). The van der Waals surface area contributed by atoms with Crippen molar-refractivity contribution in [3.8, 4) is 5.69 Å². The quantitative estimate of drug-likeness (QED) is 0.667. The molecule has 0 radical (unpaired) electrons. The molecule has 0 unspecified atom stereocenters. The zero-order chi connectivity index (χ0) is 17.6. The predicted octanol–water partition coefficient (Wildman–Crippen LogP) is 3.43. The van der Waals surface area contributed by atoms with Gasteiger partial charge in [0.15, 0.2) is 0 Å². The highest BCUT2D eigenvalue weighted by atomic mass is 19.1. The van der Waals surface area contributed by atoms with Gasteiger partial charge in [-0.2, -0.15) is 0 Å². The highest BCUT2D eigenvalue weighted by Gasteiger charge is 2.09. The summed E-state index contributed by atoms with van der Waals surface area (Å²) in [4.78, 5) is 12.1. The molecule has 0 aliphatic carbocycles. The van der Waals surface area contributed by atoms with E-state index in [1.165, 1.54) is 6.07 Å². The van der Waals surface area contributed by atoms with Crippen LogP contribution in [0.15, 0.2) is 67.0 Å². The van der Waals surface area contributed by atoms with Gasteiger partial charge in [0.25, 0.3) is 0 Å². The van der Waals surface area contributed by atoms with Crippen LogP contribution in [-0.4, -0.2) is 15.7 Å². The van der Waals surface area contributed by atoms with E-state index in [4.69, 9.17) is 0 Å². The molecule has 0 saturated carbocycles. The lowest BCUT2D eigenvalue weighted by molar-refractivity contribution is 0.251. The number of amides is 2. The van der Waals surface area contributed by atoms with E-state index >= 15 is 0 Å². The molecule has 0 bridgehead atoms. The molecule has 2 amide bonds. The van der Waals surface area contributed by atoms with Crippen LogP contribution in [0.1, 0.15) is 11.1 Å². The van der Waals surface area contributed by atoms with Crippen molar-refractivity contribution >= 4 is 11.7 Å². The van der Waals surface area contributed by atoms with Gasteiger partial charge >= 0.3 is 6.03 Å². The summed E-state index contributed by atoms with van der Waals surface area (Å²) in [5, 5.41) is 14.5. The van der Waals surface area contributed by atoms with Crippen molar-refractivity contribution in [1.29, 1.82) is 0 Å². The standard InChI is InChI=1S/C19H18FN3O2/c20-17-8-7-16(23-9-3-4-10-23)11-18(17)22-19(25)21-12-14-5-1-2-6-15(14)13-24/h1-11,24H,12-13H2,(H2,21,22,25). The van der Waals surface area contributed by atoms with Crippen molar-refractivity contribution in [3.05, 3.63) is 83.9 Å². The topological polar surface area (TPSA) is 66.3 Å². The molecule has 0 spiro atoms. The first-order chi connectivity index (χ1) is 12.2. The number of aliphatic hydroxyl groups excluding tert-OH is 1. The minimum absolute atomic E-state index is 0.0964. The lowest BCUT2D eigenvalue weighted by Gasteiger charge is -2.12. The Morgan fingerprint density at radius 2 is 1.76 bits per heavy atom. The first-order valence-corrected chi connectivity index (χ1v) is 7.83. The fourth-order valence-electron chi connectivity index (χ4n) is 2.50. The van der Waals surface area contributed by atoms with Crippen LogP contribution in [0.2, 0.25) is 0 Å². The van der Waals surface area contributed by atoms with Gasteiger partial charge < -0.3 is 20.3 Å². The summed E-state index contributed by atoms with van der Waals surface area (Å²) in [7, 11) is 0. The van der Waals surface area contributed by atoms with Gasteiger partial charge in [-0.1, -0.05) is 24.3 Å². The third-order valence-corrected chi connectivity index (χ3v) is 3.83. The van der Waals surface area contributed by atoms with Crippen molar-refractivity contribution in [2.75, 3.05) is 5.32 Å². The number of hydrogen-bond donors (Lipinski definition) is 3. The summed E-state index contributed by atoms with van der Waals surface area (Å²) in [6, 6.07) is 15.0. The van der Waals surface area contributed by atoms with E-state index in [-0.39, 0.29) is 18.8 Å². The van der Waals surface area contributed by atoms with E-state index < -0.39 is 11.8 Å². The number of nitrogens with one attached hydrogen (secondary N) is 2. The first-order valence-electron chi connectivity index (χ1n) is 7.83. The Kier molecular flexibility index (Phi) is 5.11. The lowest BCUT2D eigenvalue weighted by Crippen LogP contribution is -2.29. The van der Waals surface area contributed by atoms with Gasteiger partial charge in [0.2, 0.25) is 0 Å². The Morgan fingerprint density at radius 3 is 2.48 bits per heavy atom. The highest BCUT2D eigenvalue weighted by Crippen LogP contribution is 2.19. The Balaban J connectivity index is 1.67. The largest absolute Gasteiger partial charge is 0.392 e. The van der Waals surface area contributed by atoms with Gasteiger partial charge in [0, 0.05) is 24.6 Å².